The Hall–Kier alpha value is -1.85. The first-order valence-electron chi connectivity index (χ1n) is 6.88. The van der Waals surface area contributed by atoms with Crippen LogP contribution in [0.25, 0.3) is 10.8 Å². The number of rotatable bonds is 4. The predicted molar refractivity (Wildman–Crippen MR) is 86.4 cm³/mol. The molecule has 0 saturated carbocycles. The SMILES string of the molecule is NCCSC1CC(=O)N(c2ccc3ccccc3c2)C1=O. The quantitative estimate of drug-likeness (QED) is 0.879. The van der Waals surface area contributed by atoms with E-state index in [1.165, 1.54) is 16.7 Å². The average molecular weight is 300 g/mol. The van der Waals surface area contributed by atoms with Crippen LogP contribution in [0.1, 0.15) is 6.42 Å². The van der Waals surface area contributed by atoms with Crippen LogP contribution >= 0.6 is 11.8 Å². The summed E-state index contributed by atoms with van der Waals surface area (Å²) in [5, 5.41) is 1.82. The summed E-state index contributed by atoms with van der Waals surface area (Å²) in [5.74, 6) is 0.424. The Kier molecular flexibility index (Phi) is 3.94. The van der Waals surface area contributed by atoms with Crippen molar-refractivity contribution in [1.29, 1.82) is 0 Å². The zero-order valence-corrected chi connectivity index (χ0v) is 12.3. The smallest absolute Gasteiger partial charge is 0.247 e. The molecule has 5 heteroatoms. The summed E-state index contributed by atoms with van der Waals surface area (Å²) in [6, 6.07) is 13.5. The summed E-state index contributed by atoms with van der Waals surface area (Å²) in [4.78, 5) is 25.9. The van der Waals surface area contributed by atoms with E-state index in [0.29, 0.717) is 18.0 Å². The average Bonchev–Trinajstić information content (AvgIpc) is 2.79. The Morgan fingerprint density at radius 2 is 1.90 bits per heavy atom. The number of hydrogen-bond donors (Lipinski definition) is 1. The van der Waals surface area contributed by atoms with Crippen molar-refractivity contribution >= 4 is 40.0 Å². The Morgan fingerprint density at radius 1 is 1.14 bits per heavy atom. The summed E-state index contributed by atoms with van der Waals surface area (Å²) < 4.78 is 0. The first-order valence-corrected chi connectivity index (χ1v) is 7.93. The molecule has 1 heterocycles. The molecule has 1 atom stereocenters. The van der Waals surface area contributed by atoms with Crippen LogP contribution in [0.5, 0.6) is 0 Å². The maximum atomic E-state index is 12.4. The van der Waals surface area contributed by atoms with E-state index in [4.69, 9.17) is 5.73 Å². The van der Waals surface area contributed by atoms with Crippen molar-refractivity contribution in [2.45, 2.75) is 11.7 Å². The summed E-state index contributed by atoms with van der Waals surface area (Å²) in [6.07, 6.45) is 0.260. The zero-order valence-electron chi connectivity index (χ0n) is 11.5. The van der Waals surface area contributed by atoms with Gasteiger partial charge in [-0.3, -0.25) is 9.59 Å². The van der Waals surface area contributed by atoms with Gasteiger partial charge in [0.15, 0.2) is 0 Å². The largest absolute Gasteiger partial charge is 0.330 e. The van der Waals surface area contributed by atoms with E-state index in [9.17, 15) is 9.59 Å². The lowest BCUT2D eigenvalue weighted by Gasteiger charge is -2.15. The molecule has 4 nitrogen and oxygen atoms in total. The van der Waals surface area contributed by atoms with E-state index in [-0.39, 0.29) is 23.5 Å². The maximum absolute atomic E-state index is 12.4. The van der Waals surface area contributed by atoms with Crippen molar-refractivity contribution < 1.29 is 9.59 Å². The number of anilines is 1. The van der Waals surface area contributed by atoms with E-state index >= 15 is 0 Å². The summed E-state index contributed by atoms with van der Waals surface area (Å²) in [5.41, 5.74) is 6.12. The fourth-order valence-corrected chi connectivity index (χ4v) is 3.46. The normalized spacial score (nSPS) is 18.7. The van der Waals surface area contributed by atoms with Gasteiger partial charge in [0.25, 0.3) is 0 Å². The molecule has 1 aliphatic heterocycles. The number of carbonyl (C=O) groups excluding carboxylic acids is 2. The van der Waals surface area contributed by atoms with Gasteiger partial charge in [-0.25, -0.2) is 4.90 Å². The summed E-state index contributed by atoms with van der Waals surface area (Å²) in [6.45, 7) is 0.513. The number of imide groups is 1. The fourth-order valence-electron chi connectivity index (χ4n) is 2.53. The first kappa shape index (κ1) is 14.1. The highest BCUT2D eigenvalue weighted by atomic mass is 32.2. The van der Waals surface area contributed by atoms with Gasteiger partial charge in [0.1, 0.15) is 0 Å². The van der Waals surface area contributed by atoms with Crippen molar-refractivity contribution in [3.8, 4) is 0 Å². The second-order valence-electron chi connectivity index (χ2n) is 4.95. The lowest BCUT2D eigenvalue weighted by molar-refractivity contribution is -0.121. The van der Waals surface area contributed by atoms with Gasteiger partial charge < -0.3 is 5.73 Å². The third-order valence-corrected chi connectivity index (χ3v) is 4.78. The van der Waals surface area contributed by atoms with Crippen LogP contribution in [-0.2, 0) is 9.59 Å². The minimum atomic E-state index is -0.299. The van der Waals surface area contributed by atoms with Crippen LogP contribution in [0.4, 0.5) is 5.69 Å². The van der Waals surface area contributed by atoms with Gasteiger partial charge in [-0.2, -0.15) is 0 Å². The second kappa shape index (κ2) is 5.87. The molecule has 2 aromatic carbocycles. The number of nitrogens with zero attached hydrogens (tertiary/aromatic N) is 1. The van der Waals surface area contributed by atoms with E-state index in [0.717, 1.165) is 10.8 Å². The molecule has 2 N–H and O–H groups in total. The van der Waals surface area contributed by atoms with E-state index in [2.05, 4.69) is 0 Å². The van der Waals surface area contributed by atoms with E-state index in [1.807, 2.05) is 42.5 Å². The monoisotopic (exact) mass is 300 g/mol. The molecule has 108 valence electrons. The molecule has 1 unspecified atom stereocenters. The molecule has 1 fully saturated rings. The van der Waals surface area contributed by atoms with Crippen molar-refractivity contribution in [3.05, 3.63) is 42.5 Å². The number of benzene rings is 2. The van der Waals surface area contributed by atoms with Crippen LogP contribution in [-0.4, -0.2) is 29.4 Å². The minimum Gasteiger partial charge on any atom is -0.330 e. The van der Waals surface area contributed by atoms with Crippen LogP contribution in [0.15, 0.2) is 42.5 Å². The van der Waals surface area contributed by atoms with Gasteiger partial charge in [-0.1, -0.05) is 30.3 Å². The maximum Gasteiger partial charge on any atom is 0.247 e. The minimum absolute atomic E-state index is 0.131. The number of fused-ring (bicyclic) bond motifs is 1. The van der Waals surface area contributed by atoms with E-state index < -0.39 is 0 Å². The first-order chi connectivity index (χ1) is 10.2. The number of carbonyl (C=O) groups is 2. The van der Waals surface area contributed by atoms with Gasteiger partial charge >= 0.3 is 0 Å². The molecule has 1 saturated heterocycles. The summed E-state index contributed by atoms with van der Waals surface area (Å²) >= 11 is 1.46. The van der Waals surface area contributed by atoms with Crippen LogP contribution in [0.2, 0.25) is 0 Å². The third-order valence-electron chi connectivity index (χ3n) is 3.53. The molecule has 1 aliphatic rings. The van der Waals surface area contributed by atoms with Gasteiger partial charge in [0.2, 0.25) is 11.8 Å². The standard InChI is InChI=1S/C16H16N2O2S/c17-7-8-21-14-10-15(19)18(16(14)20)13-6-5-11-3-1-2-4-12(11)9-13/h1-6,9,14H,7-8,10,17H2. The van der Waals surface area contributed by atoms with Crippen LogP contribution < -0.4 is 10.6 Å². The Balaban J connectivity index is 1.90. The highest BCUT2D eigenvalue weighted by molar-refractivity contribution is 8.00. The van der Waals surface area contributed by atoms with Gasteiger partial charge in [0.05, 0.1) is 10.9 Å². The second-order valence-corrected chi connectivity index (χ2v) is 6.26. The highest BCUT2D eigenvalue weighted by Gasteiger charge is 2.39. The van der Waals surface area contributed by atoms with Crippen molar-refractivity contribution in [1.82, 2.24) is 0 Å². The lowest BCUT2D eigenvalue weighted by atomic mass is 10.1. The predicted octanol–water partition coefficient (Wildman–Crippen LogP) is 2.16. The van der Waals surface area contributed by atoms with Gasteiger partial charge in [0, 0.05) is 18.7 Å². The van der Waals surface area contributed by atoms with Gasteiger partial charge in [-0.05, 0) is 22.9 Å². The van der Waals surface area contributed by atoms with Crippen molar-refractivity contribution in [2.75, 3.05) is 17.2 Å². The van der Waals surface area contributed by atoms with E-state index in [1.54, 1.807) is 0 Å². The topological polar surface area (TPSA) is 63.4 Å². The molecule has 0 aliphatic carbocycles. The molecule has 3 rings (SSSR count). The molecule has 0 bridgehead atoms. The Morgan fingerprint density at radius 3 is 2.67 bits per heavy atom. The summed E-state index contributed by atoms with van der Waals surface area (Å²) in [7, 11) is 0. The number of amides is 2. The molecule has 0 radical (unpaired) electrons. The fraction of sp³-hybridized carbons (Fsp3) is 0.250. The molecule has 2 aromatic rings. The Bertz CT molecular complexity index is 701. The molecule has 2 amide bonds. The van der Waals surface area contributed by atoms with Crippen LogP contribution in [0, 0.1) is 0 Å². The molecular formula is C16H16N2O2S. The number of thioether (sulfide) groups is 1. The van der Waals surface area contributed by atoms with Crippen LogP contribution in [0.3, 0.4) is 0 Å². The molecule has 0 aromatic heterocycles. The molecule has 0 spiro atoms. The Labute approximate surface area is 127 Å². The molecule has 21 heavy (non-hydrogen) atoms. The lowest BCUT2D eigenvalue weighted by Crippen LogP contribution is -2.31. The van der Waals surface area contributed by atoms with Crippen molar-refractivity contribution in [3.63, 3.8) is 0 Å². The highest BCUT2D eigenvalue weighted by Crippen LogP contribution is 2.31. The number of nitrogens with two attached hydrogens (primary N) is 1. The van der Waals surface area contributed by atoms with Gasteiger partial charge in [-0.15, -0.1) is 11.8 Å². The molecular weight excluding hydrogens is 284 g/mol. The number of hydrogen-bond acceptors (Lipinski definition) is 4. The zero-order chi connectivity index (χ0) is 14.8. The van der Waals surface area contributed by atoms with Crippen molar-refractivity contribution in [2.24, 2.45) is 5.73 Å². The third kappa shape index (κ3) is 2.66.